The zero-order chi connectivity index (χ0) is 90.6. The fourth-order valence-corrected chi connectivity index (χ4v) is 16.5. The number of pyridine rings is 7. The van der Waals surface area contributed by atoms with Crippen LogP contribution >= 0.6 is 0 Å². The van der Waals surface area contributed by atoms with Gasteiger partial charge < -0.3 is 32.4 Å². The number of aryl methyl sites for hydroxylation is 11. The molecule has 19 aromatic heterocycles. The van der Waals surface area contributed by atoms with Gasteiger partial charge in [0, 0.05) is 362 Å². The van der Waals surface area contributed by atoms with Crippen molar-refractivity contribution in [2.24, 2.45) is 84.6 Å². The molecule has 0 amide bonds. The number of rotatable bonds is 12. The molecule has 19 heterocycles. The molecular weight excluding hydrogens is 2170 g/mol. The molecule has 138 heavy (non-hydrogen) atoms. The summed E-state index contributed by atoms with van der Waals surface area (Å²) in [6.07, 6.45) is 51.2. The molecule has 0 saturated heterocycles. The number of fused-ring (bicyclic) bond motifs is 6. The Morgan fingerprint density at radius 2 is 0.652 bits per heavy atom. The molecule has 6 radical (unpaired) electrons. The number of hydrogen-bond donors (Lipinski definition) is 0. The smallest absolute Gasteiger partial charge is 0.214 e. The molecule has 25 nitrogen and oxygen atoms in total. The van der Waals surface area contributed by atoms with Crippen molar-refractivity contribution in [1.29, 1.82) is 0 Å². The average molecular weight is 2260 g/mol. The van der Waals surface area contributed by atoms with Gasteiger partial charge in [-0.05, 0) is 0 Å². The first kappa shape index (κ1) is 105. The molecule has 0 atom stereocenters. The summed E-state index contributed by atoms with van der Waals surface area (Å²) in [6, 6.07) is 93.0. The van der Waals surface area contributed by atoms with Crippen LogP contribution in [0.5, 0.6) is 0 Å². The zero-order valence-electron chi connectivity index (χ0n) is 78.2. The molecule has 0 aliphatic rings. The molecule has 0 aliphatic heterocycles. The van der Waals surface area contributed by atoms with Crippen molar-refractivity contribution in [3.05, 3.63) is 398 Å². The average Bonchev–Trinajstić information content (AvgIpc) is 1.61. The Bertz CT molecular complexity index is 7780. The van der Waals surface area contributed by atoms with Crippen LogP contribution in [0.4, 0.5) is 0 Å². The quantitative estimate of drug-likeness (QED) is 0.0866. The second-order valence-corrected chi connectivity index (χ2v) is 31.6. The molecule has 31 heteroatoms. The molecule has 0 spiro atoms. The molecule has 0 unspecified atom stereocenters. The van der Waals surface area contributed by atoms with Crippen LogP contribution < -0.4 is 27.4 Å². The van der Waals surface area contributed by atoms with Gasteiger partial charge in [-0.15, -0.1) is 54.7 Å². The monoisotopic (exact) mass is 2260 g/mol. The van der Waals surface area contributed by atoms with Crippen molar-refractivity contribution < 1.29 is 224 Å². The largest absolute Gasteiger partial charge is 0.374 e. The van der Waals surface area contributed by atoms with E-state index in [0.29, 0.717) is 0 Å². The summed E-state index contributed by atoms with van der Waals surface area (Å²) in [7, 11) is 24.4. The molecular formula is C107H89N25Y6-6. The summed E-state index contributed by atoms with van der Waals surface area (Å²) >= 11 is 0. The van der Waals surface area contributed by atoms with Crippen LogP contribution in [0.2, 0.25) is 0 Å². The Labute approximate surface area is 951 Å². The van der Waals surface area contributed by atoms with Crippen molar-refractivity contribution >= 4 is 34.7 Å². The Morgan fingerprint density at radius 1 is 0.275 bits per heavy atom. The van der Waals surface area contributed by atoms with Crippen molar-refractivity contribution in [3.63, 3.8) is 0 Å². The van der Waals surface area contributed by atoms with E-state index in [1.807, 2.05) is 328 Å². The van der Waals surface area contributed by atoms with E-state index in [4.69, 9.17) is 0 Å². The maximum Gasteiger partial charge on any atom is 0.214 e. The number of imidazole rings is 12. The second-order valence-electron chi connectivity index (χ2n) is 31.6. The number of aromatic nitrogens is 25. The molecule has 0 N–H and O–H groups in total. The van der Waals surface area contributed by atoms with E-state index in [9.17, 15) is 0 Å². The second kappa shape index (κ2) is 47.0. The first-order valence-electron chi connectivity index (χ1n) is 42.5. The van der Waals surface area contributed by atoms with Crippen molar-refractivity contribution in [1.82, 2.24) is 88.7 Å². The van der Waals surface area contributed by atoms with Gasteiger partial charge in [-0.25, -0.2) is 79.5 Å². The van der Waals surface area contributed by atoms with Gasteiger partial charge in [0.2, 0.25) is 34.7 Å². The topological polar surface area (TPSA) is 170 Å². The van der Waals surface area contributed by atoms with Crippen LogP contribution in [-0.4, -0.2) is 88.7 Å². The number of nitrogens with zero attached hydrogens (tertiary/aromatic N) is 25. The van der Waals surface area contributed by atoms with Gasteiger partial charge in [0.1, 0.15) is 95.0 Å². The summed E-state index contributed by atoms with van der Waals surface area (Å²) in [4.78, 5) is 30.3. The summed E-state index contributed by atoms with van der Waals surface area (Å²) in [5.74, 6) is 5.54. The molecule has 0 saturated carbocycles. The summed E-state index contributed by atoms with van der Waals surface area (Å²) in [6.45, 7) is 0. The van der Waals surface area contributed by atoms with E-state index in [0.717, 1.165) is 170 Å². The third kappa shape index (κ3) is 21.9. The standard InChI is InChI=1S/5C18H15N4.C17H14N5.6Y/c1-20-11-6-9-15(14-7-4-3-5-8-14)17(20)16-13-22-12-10-19-18(22)21(16)2;1-20-15(14-7-4-3-5-8-14)9-6-10-16(20)17-13-22-12-11-19-18(22)21(17)2;1-20-10-8-15(14-6-4-3-5-7-14)12-16(20)17-13-22-11-9-19-18(22)21(17)2;2*1-20-12-15(14-6-4-3-5-7-14)8-9-16(20)17-13-22-11-10-19-18(22)21(17)2;1-20-8-5-13(14-4-3-6-18-11-14)10-15(20)16-12-22-9-7-19-17(22)21(16)2;;;;;;/h2*3-7,10-13H,1-2H3;2*3-6,9-13H,1-2H3;3-6,8-11,13H,1-2H3;3-4,6-10,12H,1-2H3;;;;;;/q6*-1;;;;;;. The molecule has 0 fully saturated rings. The molecule has 0 bridgehead atoms. The minimum absolute atomic E-state index is 0. The fourth-order valence-electron chi connectivity index (χ4n) is 16.5. The van der Waals surface area contributed by atoms with Gasteiger partial charge in [0.15, 0.2) is 17.1 Å². The van der Waals surface area contributed by atoms with Crippen LogP contribution in [0.25, 0.3) is 170 Å². The SMILES string of the molecule is Cn1c(-c2c(-c3[c-]cccc3)[c-]cc[n+]2C)cn2ccnc12.Cn1c(-c2c[c-]c(-c3[c-]cccc3)c[n+]2C)cn2ccnc12.Cn1c(-c2cc(-c3[c-]cccc3)[c-]c[n+]2C)cn2ccnc12.Cn1c(-c2cc(-c3[c-]nccc3)[c-]c[n+]2C)cn2ccnc12.Cn1c(-c2cc[c-]c(-c3[c-]cccc3)[n+]2C)cn2ccnc12.Cn1c(-c2ccc(-c3[c-]cccc3)[c-][n+]2C)cn2ccnc12.[Y].[Y].[Y].[Y].[Y].[Y]. The fraction of sp³-hybridized carbons (Fsp3) is 0.112. The van der Waals surface area contributed by atoms with E-state index in [-0.39, 0.29) is 196 Å². The zero-order valence-corrected chi connectivity index (χ0v) is 95.3. The van der Waals surface area contributed by atoms with Crippen LogP contribution in [0.3, 0.4) is 0 Å². The van der Waals surface area contributed by atoms with E-state index < -0.39 is 0 Å². The molecule has 24 rings (SSSR count). The van der Waals surface area contributed by atoms with Crippen LogP contribution in [-0.2, 0) is 281 Å². The Morgan fingerprint density at radius 3 is 1.06 bits per heavy atom. The summed E-state index contributed by atoms with van der Waals surface area (Å²) < 4.78 is 37.2. The molecule has 666 valence electrons. The third-order valence-electron chi connectivity index (χ3n) is 23.4. The van der Waals surface area contributed by atoms with Crippen molar-refractivity contribution in [2.45, 2.75) is 0 Å². The van der Waals surface area contributed by atoms with Crippen molar-refractivity contribution in [2.75, 3.05) is 0 Å². The van der Waals surface area contributed by atoms with Crippen LogP contribution in [0.15, 0.2) is 325 Å². The third-order valence-corrected chi connectivity index (χ3v) is 23.4. The van der Waals surface area contributed by atoms with E-state index in [2.05, 4.69) is 245 Å². The molecule has 0 aliphatic carbocycles. The Hall–Kier alpha value is -10.7. The summed E-state index contributed by atoms with van der Waals surface area (Å²) in [5.41, 5.74) is 25.4. The first-order chi connectivity index (χ1) is 64.5. The minimum Gasteiger partial charge on any atom is -0.374 e. The van der Waals surface area contributed by atoms with Crippen LogP contribution in [0.1, 0.15) is 0 Å². The number of hydrogen-bond acceptors (Lipinski definition) is 7. The predicted molar refractivity (Wildman–Crippen MR) is 501 cm³/mol. The molecule has 5 aromatic carbocycles. The van der Waals surface area contributed by atoms with Gasteiger partial charge in [-0.1, -0.05) is 30.5 Å². The number of benzene rings is 5. The van der Waals surface area contributed by atoms with Gasteiger partial charge in [0.25, 0.3) is 0 Å². The van der Waals surface area contributed by atoms with Gasteiger partial charge in [-0.2, -0.15) is 174 Å². The molecule has 24 aromatic rings. The Balaban J connectivity index is 0.000000139. The van der Waals surface area contributed by atoms with Gasteiger partial charge >= 0.3 is 0 Å². The predicted octanol–water partition coefficient (Wildman–Crippen LogP) is 14.0. The maximum absolute atomic E-state index is 4.40. The van der Waals surface area contributed by atoms with Gasteiger partial charge in [-0.3, -0.25) is 61.4 Å². The first-order valence-corrected chi connectivity index (χ1v) is 42.5. The normalized spacial score (nSPS) is 10.7. The van der Waals surface area contributed by atoms with Crippen LogP contribution in [0, 0.1) is 73.1 Å². The minimum atomic E-state index is 0. The van der Waals surface area contributed by atoms with Gasteiger partial charge in [0.05, 0.1) is 23.3 Å². The van der Waals surface area contributed by atoms with Crippen molar-refractivity contribution in [3.8, 4) is 135 Å². The van der Waals surface area contributed by atoms with E-state index in [1.54, 1.807) is 24.8 Å². The van der Waals surface area contributed by atoms with E-state index in [1.165, 1.54) is 0 Å². The summed E-state index contributed by atoms with van der Waals surface area (Å²) in [5, 5.41) is 0. The maximum atomic E-state index is 4.40. The Kier molecular flexibility index (Phi) is 35.7. The van der Waals surface area contributed by atoms with E-state index >= 15 is 0 Å².